The van der Waals surface area contributed by atoms with Crippen LogP contribution in [0.15, 0.2) is 78.6 Å². The zero-order valence-electron chi connectivity index (χ0n) is 20.3. The van der Waals surface area contributed by atoms with Crippen molar-refractivity contribution in [3.63, 3.8) is 0 Å². The summed E-state index contributed by atoms with van der Waals surface area (Å²) in [5.74, 6) is -0.510. The molecule has 0 bridgehead atoms. The highest BCUT2D eigenvalue weighted by Crippen LogP contribution is 2.40. The molecule has 1 fully saturated rings. The Labute approximate surface area is 205 Å². The van der Waals surface area contributed by atoms with E-state index in [1.54, 1.807) is 42.7 Å². The van der Waals surface area contributed by atoms with Gasteiger partial charge in [0.25, 0.3) is 11.7 Å². The molecule has 3 aromatic rings. The Kier molecular flexibility index (Phi) is 7.30. The van der Waals surface area contributed by atoms with Crippen molar-refractivity contribution in [3.8, 4) is 5.75 Å². The Hall–Kier alpha value is -3.93. The largest absolute Gasteiger partial charge is 0.507 e. The zero-order chi connectivity index (χ0) is 24.9. The van der Waals surface area contributed by atoms with Crippen molar-refractivity contribution >= 4 is 17.4 Å². The Bertz CT molecular complexity index is 1220. The molecular weight excluding hydrogens is 440 g/mol. The fourth-order valence-corrected chi connectivity index (χ4v) is 4.23. The Balaban J connectivity index is 1.78. The van der Waals surface area contributed by atoms with Crippen LogP contribution in [0.2, 0.25) is 0 Å². The predicted molar refractivity (Wildman–Crippen MR) is 135 cm³/mol. The van der Waals surface area contributed by atoms with Gasteiger partial charge in [-0.25, -0.2) is 0 Å². The molecule has 180 valence electrons. The second-order valence-electron chi connectivity index (χ2n) is 8.98. The number of aliphatic hydroxyl groups is 1. The number of ether oxygens (including phenoxy) is 1. The second kappa shape index (κ2) is 10.6. The number of carbonyl (C=O) groups is 2. The number of benzene rings is 2. The Morgan fingerprint density at radius 3 is 2.37 bits per heavy atom. The Morgan fingerprint density at radius 1 is 1.06 bits per heavy atom. The minimum Gasteiger partial charge on any atom is -0.507 e. The maximum absolute atomic E-state index is 13.2. The van der Waals surface area contributed by atoms with Crippen LogP contribution in [0.5, 0.6) is 5.75 Å². The van der Waals surface area contributed by atoms with Crippen molar-refractivity contribution in [2.75, 3.05) is 6.61 Å². The molecule has 1 aromatic heterocycles. The molecule has 2 aromatic carbocycles. The lowest BCUT2D eigenvalue weighted by atomic mass is 9.93. The average molecular weight is 471 g/mol. The van der Waals surface area contributed by atoms with Crippen LogP contribution < -0.4 is 4.74 Å². The van der Waals surface area contributed by atoms with Gasteiger partial charge >= 0.3 is 0 Å². The van der Waals surface area contributed by atoms with E-state index in [2.05, 4.69) is 18.8 Å². The molecule has 1 N–H and O–H groups in total. The van der Waals surface area contributed by atoms with E-state index in [1.165, 1.54) is 4.90 Å². The van der Waals surface area contributed by atoms with Gasteiger partial charge in [0.15, 0.2) is 0 Å². The van der Waals surface area contributed by atoms with E-state index in [9.17, 15) is 14.7 Å². The predicted octanol–water partition coefficient (Wildman–Crippen LogP) is 5.62. The molecule has 1 amide bonds. The number of hydrogen-bond donors (Lipinski definition) is 1. The molecule has 6 heteroatoms. The molecular formula is C29H30N2O4. The first-order valence-electron chi connectivity index (χ1n) is 11.9. The minimum atomic E-state index is -0.715. The van der Waals surface area contributed by atoms with Gasteiger partial charge in [0.05, 0.1) is 18.2 Å². The SMILES string of the molecule is CCCOc1ccc(C(O)=C2C(=O)C(=O)N(Cc3cccnc3)[C@H]2c2ccc(C(C)C)cc2)cc1. The maximum atomic E-state index is 13.2. The van der Waals surface area contributed by atoms with E-state index in [0.717, 1.165) is 23.1 Å². The number of nitrogens with zero attached hydrogens (tertiary/aromatic N) is 2. The number of likely N-dealkylation sites (tertiary alicyclic amines) is 1. The summed E-state index contributed by atoms with van der Waals surface area (Å²) in [7, 11) is 0. The number of ketones is 1. The standard InChI is InChI=1S/C29H30N2O4/c1-4-16-35-24-13-11-23(12-14-24)27(32)25-26(22-9-7-21(8-10-22)19(2)3)31(29(34)28(25)33)18-20-6-5-15-30-17-20/h5-15,17,19,26,32H,4,16,18H2,1-3H3/t26-/m0/s1. The molecule has 35 heavy (non-hydrogen) atoms. The van der Waals surface area contributed by atoms with Crippen LogP contribution in [-0.4, -0.2) is 33.3 Å². The van der Waals surface area contributed by atoms with Gasteiger partial charge in [-0.2, -0.15) is 0 Å². The van der Waals surface area contributed by atoms with Gasteiger partial charge in [-0.1, -0.05) is 51.1 Å². The van der Waals surface area contributed by atoms with Gasteiger partial charge in [0.2, 0.25) is 0 Å². The van der Waals surface area contributed by atoms with E-state index < -0.39 is 17.7 Å². The lowest BCUT2D eigenvalue weighted by Crippen LogP contribution is -2.29. The van der Waals surface area contributed by atoms with E-state index in [0.29, 0.717) is 23.8 Å². The molecule has 0 saturated carbocycles. The Morgan fingerprint density at radius 2 is 1.77 bits per heavy atom. The summed E-state index contributed by atoms with van der Waals surface area (Å²) in [5, 5.41) is 11.3. The lowest BCUT2D eigenvalue weighted by molar-refractivity contribution is -0.140. The van der Waals surface area contributed by atoms with Crippen molar-refractivity contribution in [2.24, 2.45) is 0 Å². The maximum Gasteiger partial charge on any atom is 0.295 e. The fourth-order valence-electron chi connectivity index (χ4n) is 4.23. The summed E-state index contributed by atoms with van der Waals surface area (Å²) in [6.45, 7) is 7.04. The van der Waals surface area contributed by atoms with Crippen LogP contribution in [0.3, 0.4) is 0 Å². The van der Waals surface area contributed by atoms with Crippen LogP contribution >= 0.6 is 0 Å². The third kappa shape index (κ3) is 5.11. The van der Waals surface area contributed by atoms with Crippen LogP contribution in [0.25, 0.3) is 5.76 Å². The summed E-state index contributed by atoms with van der Waals surface area (Å²) in [5.41, 5.74) is 3.26. The molecule has 2 heterocycles. The van der Waals surface area contributed by atoms with E-state index in [1.807, 2.05) is 37.3 Å². The third-order valence-corrected chi connectivity index (χ3v) is 6.14. The van der Waals surface area contributed by atoms with Gasteiger partial charge in [0.1, 0.15) is 11.5 Å². The summed E-state index contributed by atoms with van der Waals surface area (Å²) < 4.78 is 5.62. The van der Waals surface area contributed by atoms with Crippen molar-refractivity contribution in [3.05, 3.63) is 101 Å². The average Bonchev–Trinajstić information content (AvgIpc) is 3.13. The molecule has 6 nitrogen and oxygen atoms in total. The van der Waals surface area contributed by atoms with Crippen molar-refractivity contribution in [1.82, 2.24) is 9.88 Å². The first-order valence-corrected chi connectivity index (χ1v) is 11.9. The molecule has 1 aliphatic heterocycles. The number of Topliss-reactive ketones (excluding diaryl/α,β-unsaturated/α-hetero) is 1. The number of pyridine rings is 1. The topological polar surface area (TPSA) is 79.7 Å². The minimum absolute atomic E-state index is 0.0819. The molecule has 0 spiro atoms. The van der Waals surface area contributed by atoms with E-state index in [-0.39, 0.29) is 17.9 Å². The lowest BCUT2D eigenvalue weighted by Gasteiger charge is -2.25. The van der Waals surface area contributed by atoms with E-state index >= 15 is 0 Å². The molecule has 1 saturated heterocycles. The van der Waals surface area contributed by atoms with Crippen molar-refractivity contribution < 1.29 is 19.4 Å². The molecule has 0 aliphatic carbocycles. The summed E-state index contributed by atoms with van der Waals surface area (Å²) in [6, 6.07) is 17.7. The second-order valence-corrected chi connectivity index (χ2v) is 8.98. The van der Waals surface area contributed by atoms with Gasteiger partial charge in [-0.3, -0.25) is 14.6 Å². The molecule has 4 rings (SSSR count). The number of hydrogen-bond acceptors (Lipinski definition) is 5. The number of aliphatic hydroxyl groups excluding tert-OH is 1. The first-order chi connectivity index (χ1) is 16.9. The fraction of sp³-hybridized carbons (Fsp3) is 0.276. The van der Waals surface area contributed by atoms with Crippen LogP contribution in [-0.2, 0) is 16.1 Å². The summed E-state index contributed by atoms with van der Waals surface area (Å²) >= 11 is 0. The number of aromatic nitrogens is 1. The highest BCUT2D eigenvalue weighted by Gasteiger charge is 2.46. The van der Waals surface area contributed by atoms with Crippen LogP contribution in [0, 0.1) is 0 Å². The van der Waals surface area contributed by atoms with Gasteiger partial charge < -0.3 is 14.7 Å². The normalized spacial score (nSPS) is 17.3. The van der Waals surface area contributed by atoms with Crippen LogP contribution in [0.4, 0.5) is 0 Å². The number of amides is 1. The van der Waals surface area contributed by atoms with Gasteiger partial charge in [0, 0.05) is 24.5 Å². The van der Waals surface area contributed by atoms with Crippen molar-refractivity contribution in [1.29, 1.82) is 0 Å². The number of carbonyl (C=O) groups excluding carboxylic acids is 2. The molecule has 1 aliphatic rings. The molecule has 0 unspecified atom stereocenters. The highest BCUT2D eigenvalue weighted by atomic mass is 16.5. The summed E-state index contributed by atoms with van der Waals surface area (Å²) in [4.78, 5) is 32.1. The van der Waals surface area contributed by atoms with Gasteiger partial charge in [-0.05, 0) is 59.4 Å². The smallest absolute Gasteiger partial charge is 0.295 e. The molecule has 1 atom stereocenters. The highest BCUT2D eigenvalue weighted by molar-refractivity contribution is 6.46. The zero-order valence-corrected chi connectivity index (χ0v) is 20.3. The third-order valence-electron chi connectivity index (χ3n) is 6.14. The quantitative estimate of drug-likeness (QED) is 0.263. The number of rotatable bonds is 8. The monoisotopic (exact) mass is 470 g/mol. The van der Waals surface area contributed by atoms with Crippen molar-refractivity contribution in [2.45, 2.75) is 45.7 Å². The van der Waals surface area contributed by atoms with Gasteiger partial charge in [-0.15, -0.1) is 0 Å². The summed E-state index contributed by atoms with van der Waals surface area (Å²) in [6.07, 6.45) is 4.22. The first kappa shape index (κ1) is 24.2. The van der Waals surface area contributed by atoms with Crippen LogP contribution in [0.1, 0.15) is 61.4 Å². The molecule has 0 radical (unpaired) electrons. The van der Waals surface area contributed by atoms with E-state index in [4.69, 9.17) is 4.74 Å².